The smallest absolute Gasteiger partial charge is 0.317 e. The molecule has 5 nitrogen and oxygen atoms in total. The highest BCUT2D eigenvalue weighted by molar-refractivity contribution is 6.07. The normalized spacial score (nSPS) is 22.7. The van der Waals surface area contributed by atoms with Gasteiger partial charge in [-0.3, -0.25) is 9.69 Å². The Morgan fingerprint density at radius 3 is 2.25 bits per heavy atom. The van der Waals surface area contributed by atoms with Crippen molar-refractivity contribution in [3.63, 3.8) is 0 Å². The molecule has 1 spiro atoms. The molecule has 3 amide bonds. The average Bonchev–Trinajstić information content (AvgIpc) is 2.57. The van der Waals surface area contributed by atoms with E-state index in [9.17, 15) is 9.59 Å². The van der Waals surface area contributed by atoms with Gasteiger partial charge in [0, 0.05) is 12.6 Å². The van der Waals surface area contributed by atoms with Crippen molar-refractivity contribution in [1.82, 2.24) is 15.1 Å². The molecular weight excluding hydrogens is 254 g/mol. The molecule has 2 aliphatic heterocycles. The summed E-state index contributed by atoms with van der Waals surface area (Å²) in [4.78, 5) is 28.8. The number of nitrogens with one attached hydrogen (secondary N) is 1. The number of amides is 3. The van der Waals surface area contributed by atoms with E-state index >= 15 is 0 Å². The number of hydrogen-bond donors (Lipinski definition) is 1. The third kappa shape index (κ3) is 2.43. The lowest BCUT2D eigenvalue weighted by molar-refractivity contribution is -0.135. The number of carbonyl (C=O) groups excluding carboxylic acids is 2. The van der Waals surface area contributed by atoms with Crippen LogP contribution in [0.1, 0.15) is 47.0 Å². The van der Waals surface area contributed by atoms with E-state index in [4.69, 9.17) is 0 Å². The van der Waals surface area contributed by atoms with Gasteiger partial charge in [0.05, 0.1) is 0 Å². The molecule has 114 valence electrons. The molecule has 20 heavy (non-hydrogen) atoms. The molecule has 0 unspecified atom stereocenters. The minimum absolute atomic E-state index is 0.0164. The molecule has 0 aromatic heterocycles. The topological polar surface area (TPSA) is 52.7 Å². The van der Waals surface area contributed by atoms with Crippen molar-refractivity contribution in [1.29, 1.82) is 0 Å². The molecule has 0 saturated carbocycles. The van der Waals surface area contributed by atoms with Gasteiger partial charge in [0.15, 0.2) is 0 Å². The van der Waals surface area contributed by atoms with E-state index in [0.717, 1.165) is 32.4 Å². The third-order valence-corrected chi connectivity index (χ3v) is 4.45. The van der Waals surface area contributed by atoms with Crippen LogP contribution in [-0.4, -0.2) is 53.0 Å². The second-order valence-electron chi connectivity index (χ2n) is 6.67. The number of piperidine rings is 1. The van der Waals surface area contributed by atoms with Crippen molar-refractivity contribution >= 4 is 11.9 Å². The lowest BCUT2D eigenvalue weighted by Gasteiger charge is -2.38. The quantitative estimate of drug-likeness (QED) is 0.800. The molecule has 0 atom stereocenters. The SMILES string of the molecule is CC(C)CCN1C(=O)N(C(C)C)C(=O)C12CCNCC2. The largest absolute Gasteiger partial charge is 0.327 e. The number of carbonyl (C=O) groups is 2. The molecule has 0 bridgehead atoms. The van der Waals surface area contributed by atoms with Gasteiger partial charge in [-0.2, -0.15) is 0 Å². The standard InChI is InChI=1S/C15H27N3O2/c1-11(2)5-10-17-14(20)18(12(3)4)13(19)15(17)6-8-16-9-7-15/h11-12,16H,5-10H2,1-4H3. The number of urea groups is 1. The summed E-state index contributed by atoms with van der Waals surface area (Å²) in [5.74, 6) is 0.549. The summed E-state index contributed by atoms with van der Waals surface area (Å²) < 4.78 is 0. The summed E-state index contributed by atoms with van der Waals surface area (Å²) in [5, 5.41) is 3.29. The second kappa shape index (κ2) is 5.72. The summed E-state index contributed by atoms with van der Waals surface area (Å²) in [6.07, 6.45) is 2.41. The van der Waals surface area contributed by atoms with Crippen molar-refractivity contribution in [2.24, 2.45) is 5.92 Å². The molecule has 1 N–H and O–H groups in total. The van der Waals surface area contributed by atoms with Crippen molar-refractivity contribution in [2.75, 3.05) is 19.6 Å². The van der Waals surface area contributed by atoms with E-state index in [2.05, 4.69) is 19.2 Å². The van der Waals surface area contributed by atoms with Gasteiger partial charge in [-0.25, -0.2) is 4.79 Å². The molecule has 0 radical (unpaired) electrons. The van der Waals surface area contributed by atoms with Crippen LogP contribution < -0.4 is 5.32 Å². The van der Waals surface area contributed by atoms with Crippen molar-refractivity contribution in [2.45, 2.75) is 58.5 Å². The Bertz CT molecular complexity index is 387. The van der Waals surface area contributed by atoms with Gasteiger partial charge in [-0.15, -0.1) is 0 Å². The van der Waals surface area contributed by atoms with Crippen LogP contribution in [0.15, 0.2) is 0 Å². The van der Waals surface area contributed by atoms with Crippen LogP contribution in [0.3, 0.4) is 0 Å². The van der Waals surface area contributed by atoms with Gasteiger partial charge in [0.2, 0.25) is 0 Å². The monoisotopic (exact) mass is 281 g/mol. The van der Waals surface area contributed by atoms with Gasteiger partial charge in [0.25, 0.3) is 5.91 Å². The Morgan fingerprint density at radius 2 is 1.75 bits per heavy atom. The van der Waals surface area contributed by atoms with Crippen LogP contribution >= 0.6 is 0 Å². The Labute approximate surface area is 121 Å². The van der Waals surface area contributed by atoms with E-state index in [0.29, 0.717) is 12.5 Å². The second-order valence-corrected chi connectivity index (χ2v) is 6.67. The van der Waals surface area contributed by atoms with Crippen molar-refractivity contribution in [3.05, 3.63) is 0 Å². The van der Waals surface area contributed by atoms with Crippen molar-refractivity contribution in [3.8, 4) is 0 Å². The Morgan fingerprint density at radius 1 is 1.15 bits per heavy atom. The van der Waals surface area contributed by atoms with Gasteiger partial charge in [-0.05, 0) is 52.1 Å². The van der Waals surface area contributed by atoms with E-state index in [1.807, 2.05) is 18.7 Å². The van der Waals surface area contributed by atoms with Gasteiger partial charge >= 0.3 is 6.03 Å². The minimum Gasteiger partial charge on any atom is -0.317 e. The van der Waals surface area contributed by atoms with Crippen LogP contribution in [0.2, 0.25) is 0 Å². The fourth-order valence-corrected chi connectivity index (χ4v) is 3.22. The highest BCUT2D eigenvalue weighted by atomic mass is 16.2. The Kier molecular flexibility index (Phi) is 4.37. The molecule has 2 aliphatic rings. The van der Waals surface area contributed by atoms with Gasteiger partial charge in [-0.1, -0.05) is 13.8 Å². The van der Waals surface area contributed by atoms with Gasteiger partial charge in [0.1, 0.15) is 5.54 Å². The van der Waals surface area contributed by atoms with Crippen LogP contribution in [0, 0.1) is 5.92 Å². The molecule has 5 heteroatoms. The maximum absolute atomic E-state index is 12.8. The van der Waals surface area contributed by atoms with Crippen molar-refractivity contribution < 1.29 is 9.59 Å². The predicted octanol–water partition coefficient (Wildman–Crippen LogP) is 1.83. The lowest BCUT2D eigenvalue weighted by Crippen LogP contribution is -2.56. The number of nitrogens with zero attached hydrogens (tertiary/aromatic N) is 2. The zero-order valence-corrected chi connectivity index (χ0v) is 13.1. The van der Waals surface area contributed by atoms with Crippen LogP contribution in [0.4, 0.5) is 4.79 Å². The molecule has 2 heterocycles. The molecular formula is C15H27N3O2. The first kappa shape index (κ1) is 15.3. The first-order chi connectivity index (χ1) is 9.40. The van der Waals surface area contributed by atoms with E-state index in [1.165, 1.54) is 4.90 Å². The maximum atomic E-state index is 12.8. The molecule has 0 aliphatic carbocycles. The van der Waals surface area contributed by atoms with Crippen LogP contribution in [0.5, 0.6) is 0 Å². The molecule has 2 saturated heterocycles. The number of imide groups is 1. The fourth-order valence-electron chi connectivity index (χ4n) is 3.22. The first-order valence-electron chi connectivity index (χ1n) is 7.76. The fraction of sp³-hybridized carbons (Fsp3) is 0.867. The summed E-state index contributed by atoms with van der Waals surface area (Å²) >= 11 is 0. The third-order valence-electron chi connectivity index (χ3n) is 4.45. The molecule has 0 aromatic carbocycles. The minimum atomic E-state index is -0.582. The molecule has 2 rings (SSSR count). The van der Waals surface area contributed by atoms with Gasteiger partial charge < -0.3 is 10.2 Å². The lowest BCUT2D eigenvalue weighted by atomic mass is 9.86. The first-order valence-corrected chi connectivity index (χ1v) is 7.76. The maximum Gasteiger partial charge on any atom is 0.327 e. The summed E-state index contributed by atoms with van der Waals surface area (Å²) in [7, 11) is 0. The highest BCUT2D eigenvalue weighted by Gasteiger charge is 2.57. The number of rotatable bonds is 4. The Balaban J connectivity index is 2.28. The molecule has 0 aromatic rings. The predicted molar refractivity (Wildman–Crippen MR) is 78.4 cm³/mol. The number of hydrogen-bond acceptors (Lipinski definition) is 3. The summed E-state index contributed by atoms with van der Waals surface area (Å²) in [5.41, 5.74) is -0.582. The molecule has 2 fully saturated rings. The van der Waals surface area contributed by atoms with E-state index < -0.39 is 5.54 Å². The van der Waals surface area contributed by atoms with Crippen LogP contribution in [0.25, 0.3) is 0 Å². The average molecular weight is 281 g/mol. The zero-order chi connectivity index (χ0) is 14.9. The van der Waals surface area contributed by atoms with E-state index in [1.54, 1.807) is 0 Å². The van der Waals surface area contributed by atoms with E-state index in [-0.39, 0.29) is 18.0 Å². The Hall–Kier alpha value is -1.10. The zero-order valence-electron chi connectivity index (χ0n) is 13.1. The highest BCUT2D eigenvalue weighted by Crippen LogP contribution is 2.36. The summed E-state index contributed by atoms with van der Waals surface area (Å²) in [6.45, 7) is 10.4. The summed E-state index contributed by atoms with van der Waals surface area (Å²) in [6, 6.07) is -0.154. The van der Waals surface area contributed by atoms with Crippen LogP contribution in [-0.2, 0) is 4.79 Å².